The number of nitrogens with two attached hydrogens (primary N) is 1. The summed E-state index contributed by atoms with van der Waals surface area (Å²) in [5, 5.41) is 3.10. The van der Waals surface area contributed by atoms with E-state index in [9.17, 15) is 4.79 Å². The van der Waals surface area contributed by atoms with Crippen LogP contribution in [0.3, 0.4) is 0 Å². The lowest BCUT2D eigenvalue weighted by molar-refractivity contribution is -0.127. The van der Waals surface area contributed by atoms with Crippen LogP contribution >= 0.6 is 0 Å². The fraction of sp³-hybridized carbons (Fsp3) is 0.929. The molecule has 2 aliphatic rings. The topological polar surface area (TPSA) is 55.1 Å². The van der Waals surface area contributed by atoms with E-state index in [1.165, 1.54) is 25.7 Å². The van der Waals surface area contributed by atoms with E-state index in [-0.39, 0.29) is 5.91 Å². The van der Waals surface area contributed by atoms with Gasteiger partial charge in [-0.1, -0.05) is 39.0 Å². The second-order valence-corrected chi connectivity index (χ2v) is 6.10. The first-order chi connectivity index (χ1) is 8.12. The van der Waals surface area contributed by atoms with Gasteiger partial charge in [-0.05, 0) is 31.1 Å². The molecule has 2 atom stereocenters. The van der Waals surface area contributed by atoms with E-state index in [1.807, 2.05) is 0 Å². The summed E-state index contributed by atoms with van der Waals surface area (Å²) in [6.07, 6.45) is 9.04. The highest BCUT2D eigenvalue weighted by Gasteiger charge is 2.35. The first-order valence-electron chi connectivity index (χ1n) is 7.19. The Morgan fingerprint density at radius 3 is 2.53 bits per heavy atom. The van der Waals surface area contributed by atoms with Crippen LogP contribution in [0.15, 0.2) is 0 Å². The van der Waals surface area contributed by atoms with Gasteiger partial charge in [-0.15, -0.1) is 0 Å². The molecule has 0 aromatic rings. The van der Waals surface area contributed by atoms with Crippen molar-refractivity contribution in [2.45, 2.75) is 63.8 Å². The summed E-state index contributed by atoms with van der Waals surface area (Å²) in [6, 6.07) is 0. The highest BCUT2D eigenvalue weighted by Crippen LogP contribution is 2.31. The van der Waals surface area contributed by atoms with Gasteiger partial charge in [-0.2, -0.15) is 0 Å². The zero-order chi connectivity index (χ0) is 12.3. The summed E-state index contributed by atoms with van der Waals surface area (Å²) in [6.45, 7) is 3.13. The quantitative estimate of drug-likeness (QED) is 0.792. The van der Waals surface area contributed by atoms with Crippen LogP contribution in [0.25, 0.3) is 0 Å². The normalized spacial score (nSPS) is 32.4. The fourth-order valence-corrected chi connectivity index (χ4v) is 3.34. The minimum atomic E-state index is -0.569. The largest absolute Gasteiger partial charge is 0.354 e. The van der Waals surface area contributed by atoms with E-state index >= 15 is 0 Å². The highest BCUT2D eigenvalue weighted by molar-refractivity contribution is 5.86. The van der Waals surface area contributed by atoms with E-state index in [4.69, 9.17) is 5.73 Å². The maximum Gasteiger partial charge on any atom is 0.240 e. The molecule has 0 spiro atoms. The number of nitrogens with one attached hydrogen (secondary N) is 1. The first-order valence-corrected chi connectivity index (χ1v) is 7.19. The van der Waals surface area contributed by atoms with Gasteiger partial charge in [0.1, 0.15) is 0 Å². The molecule has 0 bridgehead atoms. The molecule has 17 heavy (non-hydrogen) atoms. The molecule has 2 unspecified atom stereocenters. The Balaban J connectivity index is 1.80. The van der Waals surface area contributed by atoms with Crippen molar-refractivity contribution in [2.24, 2.45) is 17.6 Å². The van der Waals surface area contributed by atoms with Gasteiger partial charge in [-0.3, -0.25) is 4.79 Å². The van der Waals surface area contributed by atoms with Crippen molar-refractivity contribution in [2.75, 3.05) is 6.54 Å². The molecule has 3 N–H and O–H groups in total. The SMILES string of the molecule is CC1CCCC1CNC(=O)C1(N)CCCCC1. The molecule has 0 aliphatic heterocycles. The molecule has 2 aliphatic carbocycles. The lowest BCUT2D eigenvalue weighted by Crippen LogP contribution is -2.55. The lowest BCUT2D eigenvalue weighted by Gasteiger charge is -2.32. The standard InChI is InChI=1S/C14H26N2O/c1-11-6-5-7-12(11)10-16-13(17)14(15)8-3-2-4-9-14/h11-12H,2-10,15H2,1H3,(H,16,17). The van der Waals surface area contributed by atoms with Crippen LogP contribution in [0, 0.1) is 11.8 Å². The van der Waals surface area contributed by atoms with Gasteiger partial charge in [0, 0.05) is 6.54 Å². The Labute approximate surface area is 105 Å². The number of carbonyl (C=O) groups excluding carboxylic acids is 1. The van der Waals surface area contributed by atoms with Crippen LogP contribution < -0.4 is 11.1 Å². The number of rotatable bonds is 3. The van der Waals surface area contributed by atoms with Crippen molar-refractivity contribution < 1.29 is 4.79 Å². The van der Waals surface area contributed by atoms with Gasteiger partial charge in [0.2, 0.25) is 5.91 Å². The Kier molecular flexibility index (Phi) is 4.08. The molecule has 0 aromatic carbocycles. The van der Waals surface area contributed by atoms with Crippen molar-refractivity contribution in [3.63, 3.8) is 0 Å². The molecule has 0 radical (unpaired) electrons. The Morgan fingerprint density at radius 2 is 1.94 bits per heavy atom. The van der Waals surface area contributed by atoms with E-state index < -0.39 is 5.54 Å². The molecule has 0 aromatic heterocycles. The van der Waals surface area contributed by atoms with Gasteiger partial charge >= 0.3 is 0 Å². The van der Waals surface area contributed by atoms with E-state index in [0.29, 0.717) is 5.92 Å². The summed E-state index contributed by atoms with van der Waals surface area (Å²) < 4.78 is 0. The zero-order valence-corrected chi connectivity index (χ0v) is 11.0. The molecular weight excluding hydrogens is 212 g/mol. The van der Waals surface area contributed by atoms with Crippen LogP contribution in [0.4, 0.5) is 0 Å². The minimum Gasteiger partial charge on any atom is -0.354 e. The third-order valence-corrected chi connectivity index (χ3v) is 4.76. The summed E-state index contributed by atoms with van der Waals surface area (Å²) in [4.78, 5) is 12.1. The summed E-state index contributed by atoms with van der Waals surface area (Å²) in [5.41, 5.74) is 5.64. The predicted octanol–water partition coefficient (Wildman–Crippen LogP) is 2.20. The average molecular weight is 238 g/mol. The second-order valence-electron chi connectivity index (χ2n) is 6.10. The van der Waals surface area contributed by atoms with Crippen LogP contribution in [0.5, 0.6) is 0 Å². The van der Waals surface area contributed by atoms with E-state index in [0.717, 1.165) is 38.1 Å². The molecule has 0 heterocycles. The van der Waals surface area contributed by atoms with Crippen molar-refractivity contribution in [1.29, 1.82) is 0 Å². The number of amides is 1. The smallest absolute Gasteiger partial charge is 0.240 e. The lowest BCUT2D eigenvalue weighted by atomic mass is 9.82. The Bertz CT molecular complexity index is 271. The van der Waals surface area contributed by atoms with Gasteiger partial charge in [-0.25, -0.2) is 0 Å². The monoisotopic (exact) mass is 238 g/mol. The van der Waals surface area contributed by atoms with Crippen molar-refractivity contribution >= 4 is 5.91 Å². The van der Waals surface area contributed by atoms with E-state index in [1.54, 1.807) is 0 Å². The molecule has 2 rings (SSSR count). The molecular formula is C14H26N2O. The van der Waals surface area contributed by atoms with Gasteiger partial charge in [0.15, 0.2) is 0 Å². The summed E-state index contributed by atoms with van der Waals surface area (Å²) in [5.74, 6) is 1.53. The molecule has 3 heteroatoms. The molecule has 0 saturated heterocycles. The number of hydrogen-bond acceptors (Lipinski definition) is 2. The minimum absolute atomic E-state index is 0.0938. The van der Waals surface area contributed by atoms with E-state index in [2.05, 4.69) is 12.2 Å². The van der Waals surface area contributed by atoms with Crippen molar-refractivity contribution in [1.82, 2.24) is 5.32 Å². The molecule has 3 nitrogen and oxygen atoms in total. The summed E-state index contributed by atoms with van der Waals surface area (Å²) in [7, 11) is 0. The summed E-state index contributed by atoms with van der Waals surface area (Å²) >= 11 is 0. The Hall–Kier alpha value is -0.570. The predicted molar refractivity (Wildman–Crippen MR) is 69.5 cm³/mol. The molecule has 2 saturated carbocycles. The van der Waals surface area contributed by atoms with Crippen LogP contribution in [-0.2, 0) is 4.79 Å². The molecule has 1 amide bonds. The highest BCUT2D eigenvalue weighted by atomic mass is 16.2. The second kappa shape index (κ2) is 5.38. The zero-order valence-electron chi connectivity index (χ0n) is 11.0. The van der Waals surface area contributed by atoms with Crippen molar-refractivity contribution in [3.8, 4) is 0 Å². The van der Waals surface area contributed by atoms with Crippen LogP contribution in [-0.4, -0.2) is 18.0 Å². The maximum absolute atomic E-state index is 12.1. The first kappa shape index (κ1) is 12.9. The number of hydrogen-bond donors (Lipinski definition) is 2. The fourth-order valence-electron chi connectivity index (χ4n) is 3.34. The van der Waals surface area contributed by atoms with Gasteiger partial charge in [0.25, 0.3) is 0 Å². The average Bonchev–Trinajstić information content (AvgIpc) is 2.73. The van der Waals surface area contributed by atoms with Crippen LogP contribution in [0.2, 0.25) is 0 Å². The maximum atomic E-state index is 12.1. The van der Waals surface area contributed by atoms with Crippen LogP contribution in [0.1, 0.15) is 58.3 Å². The number of carbonyl (C=O) groups is 1. The van der Waals surface area contributed by atoms with Gasteiger partial charge in [0.05, 0.1) is 5.54 Å². The van der Waals surface area contributed by atoms with Gasteiger partial charge < -0.3 is 11.1 Å². The van der Waals surface area contributed by atoms with Crippen molar-refractivity contribution in [3.05, 3.63) is 0 Å². The molecule has 2 fully saturated rings. The third kappa shape index (κ3) is 3.01. The third-order valence-electron chi connectivity index (χ3n) is 4.76. The Morgan fingerprint density at radius 1 is 1.24 bits per heavy atom. The molecule has 98 valence electrons.